The molecule has 1 saturated heterocycles. The Morgan fingerprint density at radius 2 is 2.25 bits per heavy atom. The van der Waals surface area contributed by atoms with Crippen molar-refractivity contribution in [3.8, 4) is 6.19 Å². The van der Waals surface area contributed by atoms with Gasteiger partial charge in [0, 0.05) is 6.54 Å². The summed E-state index contributed by atoms with van der Waals surface area (Å²) >= 11 is 1.49. The van der Waals surface area contributed by atoms with Crippen LogP contribution in [0.2, 0.25) is 0 Å². The lowest BCUT2D eigenvalue weighted by Crippen LogP contribution is -2.34. The van der Waals surface area contributed by atoms with Crippen LogP contribution in [-0.4, -0.2) is 42.5 Å². The molecular formula is C11H20N4S. The zero-order valence-corrected chi connectivity index (χ0v) is 10.9. The average molecular weight is 240 g/mol. The first-order valence-electron chi connectivity index (χ1n) is 5.76. The summed E-state index contributed by atoms with van der Waals surface area (Å²) < 4.78 is 0. The number of aliphatic imine (C=N–C) groups is 1. The fraction of sp³-hybridized carbons (Fsp3) is 0.818. The van der Waals surface area contributed by atoms with E-state index in [1.54, 1.807) is 0 Å². The molecule has 5 heteroatoms. The molecule has 1 aliphatic rings. The second kappa shape index (κ2) is 7.53. The number of rotatable bonds is 3. The Morgan fingerprint density at radius 3 is 2.75 bits per heavy atom. The van der Waals surface area contributed by atoms with Crippen molar-refractivity contribution in [3.63, 3.8) is 0 Å². The van der Waals surface area contributed by atoms with E-state index in [0.717, 1.165) is 18.3 Å². The Morgan fingerprint density at radius 1 is 1.56 bits per heavy atom. The minimum Gasteiger partial charge on any atom is -0.304 e. The molecule has 90 valence electrons. The van der Waals surface area contributed by atoms with Crippen molar-refractivity contribution in [1.82, 2.24) is 10.2 Å². The van der Waals surface area contributed by atoms with Crippen molar-refractivity contribution in [2.45, 2.75) is 19.8 Å². The Balaban J connectivity index is 2.30. The molecule has 0 aromatic heterocycles. The maximum absolute atomic E-state index is 8.51. The summed E-state index contributed by atoms with van der Waals surface area (Å²) in [5.41, 5.74) is 0. The summed E-state index contributed by atoms with van der Waals surface area (Å²) in [7, 11) is 0. The quantitative estimate of drug-likeness (QED) is 0.351. The third-order valence-corrected chi connectivity index (χ3v) is 3.62. The highest BCUT2D eigenvalue weighted by Gasteiger charge is 2.17. The second-order valence-corrected chi connectivity index (χ2v) is 4.76. The molecule has 0 unspecified atom stereocenters. The molecule has 1 aliphatic heterocycles. The lowest BCUT2D eigenvalue weighted by molar-refractivity contribution is 0.196. The Labute approximate surface area is 102 Å². The van der Waals surface area contributed by atoms with Gasteiger partial charge in [-0.3, -0.25) is 10.3 Å². The number of piperidine rings is 1. The summed E-state index contributed by atoms with van der Waals surface area (Å²) in [5.74, 6) is 0.686. The third kappa shape index (κ3) is 4.42. The molecule has 1 heterocycles. The summed E-state index contributed by atoms with van der Waals surface area (Å²) in [5, 5.41) is 11.8. The van der Waals surface area contributed by atoms with E-state index in [9.17, 15) is 0 Å². The highest BCUT2D eigenvalue weighted by molar-refractivity contribution is 8.13. The number of amidine groups is 1. The second-order valence-electron chi connectivity index (χ2n) is 3.96. The minimum absolute atomic E-state index is 0.686. The molecule has 0 spiro atoms. The normalized spacial score (nSPS) is 19.4. The number of hydrogen-bond acceptors (Lipinski definition) is 4. The number of nitrogens with one attached hydrogen (secondary N) is 1. The van der Waals surface area contributed by atoms with Gasteiger partial charge in [-0.15, -0.1) is 0 Å². The van der Waals surface area contributed by atoms with Crippen LogP contribution in [0.3, 0.4) is 0 Å². The van der Waals surface area contributed by atoms with Crippen LogP contribution in [0, 0.1) is 17.4 Å². The maximum Gasteiger partial charge on any atom is 0.183 e. The maximum atomic E-state index is 8.51. The van der Waals surface area contributed by atoms with Gasteiger partial charge in [-0.2, -0.15) is 5.26 Å². The molecule has 1 N–H and O–H groups in total. The predicted octanol–water partition coefficient (Wildman–Crippen LogP) is 1.51. The highest BCUT2D eigenvalue weighted by atomic mass is 32.2. The molecule has 0 aromatic carbocycles. The standard InChI is InChI=1S/C11H20N4S/c1-3-15-6-4-10(5-7-15)8-13-11(16-2)14-9-12/h10H,3-8H2,1-2H3,(H,13,14). The average Bonchev–Trinajstić information content (AvgIpc) is 2.35. The van der Waals surface area contributed by atoms with Gasteiger partial charge in [-0.05, 0) is 44.6 Å². The Kier molecular flexibility index (Phi) is 6.27. The van der Waals surface area contributed by atoms with Crippen molar-refractivity contribution >= 4 is 16.9 Å². The summed E-state index contributed by atoms with van der Waals surface area (Å²) in [6.45, 7) is 6.60. The molecule has 0 aliphatic carbocycles. The third-order valence-electron chi connectivity index (χ3n) is 3.00. The number of thioether (sulfide) groups is 1. The number of nitrogens with zero attached hydrogens (tertiary/aromatic N) is 3. The number of hydrogen-bond donors (Lipinski definition) is 1. The molecule has 0 radical (unpaired) electrons. The van der Waals surface area contributed by atoms with Crippen LogP contribution in [-0.2, 0) is 0 Å². The van der Waals surface area contributed by atoms with E-state index >= 15 is 0 Å². The smallest absolute Gasteiger partial charge is 0.183 e. The predicted molar refractivity (Wildman–Crippen MR) is 69.4 cm³/mol. The van der Waals surface area contributed by atoms with E-state index in [1.807, 2.05) is 12.4 Å². The summed E-state index contributed by atoms with van der Waals surface area (Å²) in [6, 6.07) is 0. The fourth-order valence-corrected chi connectivity index (χ4v) is 2.25. The summed E-state index contributed by atoms with van der Waals surface area (Å²) in [4.78, 5) is 6.91. The van der Waals surface area contributed by atoms with Gasteiger partial charge in [0.25, 0.3) is 0 Å². The van der Waals surface area contributed by atoms with Crippen LogP contribution in [0.15, 0.2) is 4.99 Å². The summed E-state index contributed by atoms with van der Waals surface area (Å²) in [6.07, 6.45) is 6.30. The molecule has 4 nitrogen and oxygen atoms in total. The molecule has 0 atom stereocenters. The molecule has 1 rings (SSSR count). The highest BCUT2D eigenvalue weighted by Crippen LogP contribution is 2.17. The van der Waals surface area contributed by atoms with Gasteiger partial charge in [0.1, 0.15) is 0 Å². The van der Waals surface area contributed by atoms with Crippen molar-refractivity contribution in [2.24, 2.45) is 10.9 Å². The van der Waals surface area contributed by atoms with Crippen molar-refractivity contribution in [1.29, 1.82) is 5.26 Å². The van der Waals surface area contributed by atoms with Crippen molar-refractivity contribution in [2.75, 3.05) is 32.4 Å². The van der Waals surface area contributed by atoms with Crippen LogP contribution in [0.1, 0.15) is 19.8 Å². The van der Waals surface area contributed by atoms with Gasteiger partial charge in [-0.1, -0.05) is 18.7 Å². The van der Waals surface area contributed by atoms with Gasteiger partial charge in [0.15, 0.2) is 11.4 Å². The van der Waals surface area contributed by atoms with Gasteiger partial charge < -0.3 is 4.90 Å². The van der Waals surface area contributed by atoms with Gasteiger partial charge >= 0.3 is 0 Å². The lowest BCUT2D eigenvalue weighted by Gasteiger charge is -2.30. The zero-order valence-electron chi connectivity index (χ0n) is 10.1. The van der Waals surface area contributed by atoms with Gasteiger partial charge in [-0.25, -0.2) is 0 Å². The van der Waals surface area contributed by atoms with E-state index < -0.39 is 0 Å². The Bertz CT molecular complexity index is 264. The molecule has 0 bridgehead atoms. The molecule has 0 aromatic rings. The number of nitriles is 1. The largest absolute Gasteiger partial charge is 0.304 e. The topological polar surface area (TPSA) is 51.4 Å². The first-order valence-corrected chi connectivity index (χ1v) is 6.98. The SMILES string of the molecule is CCN1CCC(CN=C(NC#N)SC)CC1. The van der Waals surface area contributed by atoms with Crippen LogP contribution in [0.25, 0.3) is 0 Å². The van der Waals surface area contributed by atoms with Gasteiger partial charge in [0.2, 0.25) is 0 Å². The molecular weight excluding hydrogens is 220 g/mol. The zero-order chi connectivity index (χ0) is 11.8. The van der Waals surface area contributed by atoms with E-state index in [0.29, 0.717) is 5.92 Å². The van der Waals surface area contributed by atoms with E-state index in [-0.39, 0.29) is 0 Å². The van der Waals surface area contributed by atoms with Crippen molar-refractivity contribution in [3.05, 3.63) is 0 Å². The molecule has 16 heavy (non-hydrogen) atoms. The fourth-order valence-electron chi connectivity index (χ4n) is 1.90. The van der Waals surface area contributed by atoms with Crippen LogP contribution in [0.4, 0.5) is 0 Å². The van der Waals surface area contributed by atoms with Crippen LogP contribution >= 0.6 is 11.8 Å². The van der Waals surface area contributed by atoms with Crippen molar-refractivity contribution < 1.29 is 0 Å². The van der Waals surface area contributed by atoms with Crippen LogP contribution < -0.4 is 5.32 Å². The first kappa shape index (κ1) is 13.3. The number of likely N-dealkylation sites (tertiary alicyclic amines) is 1. The Hall–Kier alpha value is -0.730. The van der Waals surface area contributed by atoms with Gasteiger partial charge in [0.05, 0.1) is 0 Å². The van der Waals surface area contributed by atoms with E-state index in [2.05, 4.69) is 22.1 Å². The minimum atomic E-state index is 0.686. The lowest BCUT2D eigenvalue weighted by atomic mass is 9.97. The molecule has 1 fully saturated rings. The molecule has 0 saturated carbocycles. The monoisotopic (exact) mass is 240 g/mol. The first-order chi connectivity index (χ1) is 7.80. The van der Waals surface area contributed by atoms with E-state index in [4.69, 9.17) is 5.26 Å². The van der Waals surface area contributed by atoms with Crippen LogP contribution in [0.5, 0.6) is 0 Å². The molecule has 0 amide bonds. The van der Waals surface area contributed by atoms with E-state index in [1.165, 1.54) is 37.7 Å².